The Morgan fingerprint density at radius 2 is 1.68 bits per heavy atom. The number of carbonyl (C=O) groups excluding carboxylic acids is 2. The monoisotopic (exact) mass is 837 g/mol. The first-order valence-electron chi connectivity index (χ1n) is 19.6. The van der Waals surface area contributed by atoms with E-state index in [2.05, 4.69) is 10.3 Å². The summed E-state index contributed by atoms with van der Waals surface area (Å²) in [6, 6.07) is 23.9. The fourth-order valence-corrected chi connectivity index (χ4v) is 7.50. The smallest absolute Gasteiger partial charge is 0.410 e. The van der Waals surface area contributed by atoms with Gasteiger partial charge in [-0.05, 0) is 107 Å². The Morgan fingerprint density at radius 3 is 2.41 bits per heavy atom. The number of aliphatic carboxylic acids is 1. The molecule has 7 rings (SSSR count). The minimum absolute atomic E-state index is 0.0499. The lowest BCUT2D eigenvalue weighted by atomic mass is 9.92. The maximum absolute atomic E-state index is 14.0. The van der Waals surface area contributed by atoms with Crippen molar-refractivity contribution in [2.75, 3.05) is 13.2 Å². The van der Waals surface area contributed by atoms with E-state index in [9.17, 15) is 19.5 Å². The number of aryl methyl sites for hydroxylation is 1. The molecular formula is C46H45Cl2N3O8. The van der Waals surface area contributed by atoms with Crippen molar-refractivity contribution in [1.82, 2.24) is 15.2 Å². The average Bonchev–Trinajstić information content (AvgIpc) is 3.24. The number of unbranched alkanes of at least 4 members (excludes halogenated alkanes) is 1. The minimum atomic E-state index is -1.24. The molecule has 0 aliphatic carbocycles. The zero-order chi connectivity index (χ0) is 41.6. The Bertz CT molecular complexity index is 2340. The molecule has 4 aromatic carbocycles. The van der Waals surface area contributed by atoms with E-state index < -0.39 is 36.2 Å². The van der Waals surface area contributed by atoms with Gasteiger partial charge >= 0.3 is 12.1 Å². The lowest BCUT2D eigenvalue weighted by molar-refractivity contribution is -0.142. The quantitative estimate of drug-likeness (QED) is 0.111. The molecule has 0 saturated heterocycles. The number of aromatic nitrogens is 1. The van der Waals surface area contributed by atoms with Gasteiger partial charge in [0.2, 0.25) is 5.91 Å². The highest BCUT2D eigenvalue weighted by atomic mass is 35.5. The first kappa shape index (κ1) is 41.4. The third-order valence-electron chi connectivity index (χ3n) is 10.7. The summed E-state index contributed by atoms with van der Waals surface area (Å²) < 4.78 is 24.2. The molecule has 5 aromatic rings. The summed E-state index contributed by atoms with van der Waals surface area (Å²) >= 11 is 12.2. The number of nitrogens with one attached hydrogen (secondary N) is 1. The molecule has 0 spiro atoms. The number of fused-ring (bicyclic) bond motifs is 2. The van der Waals surface area contributed by atoms with Gasteiger partial charge in [0.05, 0.1) is 23.2 Å². The Morgan fingerprint density at radius 1 is 0.932 bits per heavy atom. The van der Waals surface area contributed by atoms with E-state index in [-0.39, 0.29) is 32.6 Å². The van der Waals surface area contributed by atoms with E-state index >= 15 is 0 Å². The van der Waals surface area contributed by atoms with Crippen LogP contribution >= 0.6 is 23.2 Å². The number of pyridine rings is 1. The molecule has 0 radical (unpaired) electrons. The van der Waals surface area contributed by atoms with E-state index in [4.69, 9.17) is 42.1 Å². The third-order valence-corrected chi connectivity index (χ3v) is 11.5. The molecule has 3 atom stereocenters. The van der Waals surface area contributed by atoms with Crippen LogP contribution in [0.15, 0.2) is 91.1 Å². The van der Waals surface area contributed by atoms with Gasteiger partial charge in [-0.3, -0.25) is 14.7 Å². The van der Waals surface area contributed by atoms with Gasteiger partial charge in [-0.1, -0.05) is 79.0 Å². The molecule has 13 heteroatoms. The van der Waals surface area contributed by atoms with Crippen molar-refractivity contribution < 1.29 is 38.4 Å². The number of benzene rings is 4. The van der Waals surface area contributed by atoms with Gasteiger partial charge in [-0.25, -0.2) is 9.59 Å². The number of carboxylic acid groups (broad SMARTS) is 1. The van der Waals surface area contributed by atoms with Crippen LogP contribution in [0.1, 0.15) is 64.9 Å². The number of halogens is 2. The van der Waals surface area contributed by atoms with Gasteiger partial charge in [0.25, 0.3) is 0 Å². The van der Waals surface area contributed by atoms with Crippen LogP contribution in [0.5, 0.6) is 17.2 Å². The number of hydrogen-bond donors (Lipinski definition) is 2. The first-order chi connectivity index (χ1) is 28.5. The number of ether oxygens (including phenoxy) is 4. The number of carbonyl (C=O) groups is 3. The summed E-state index contributed by atoms with van der Waals surface area (Å²) in [5.74, 6) is -0.0757. The molecule has 2 aliphatic rings. The van der Waals surface area contributed by atoms with Crippen LogP contribution < -0.4 is 19.5 Å². The fraction of sp³-hybridized carbons (Fsp3) is 0.304. The molecule has 0 saturated carbocycles. The summed E-state index contributed by atoms with van der Waals surface area (Å²) in [5, 5.41) is 13.9. The van der Waals surface area contributed by atoms with Crippen LogP contribution in [-0.2, 0) is 40.3 Å². The SMILES string of the molecule is CCCCOC(=O)N1Cc2cc3c(cc2C[C@H]1C(=O)N[C@@H](Cc1ccc(-c2ccnc(C)c2C)cc1)C(=O)O)OC[C@H](c1ccc(OCc2ccc(Cl)c(Cl)c2)cc1)O3. The summed E-state index contributed by atoms with van der Waals surface area (Å²) in [6.45, 7) is 6.78. The first-order valence-corrected chi connectivity index (χ1v) is 20.3. The summed E-state index contributed by atoms with van der Waals surface area (Å²) in [7, 11) is 0. The Labute approximate surface area is 353 Å². The second-order valence-corrected chi connectivity index (χ2v) is 15.6. The number of rotatable bonds is 13. The standard InChI is InChI=1S/C46H45Cl2N3O8/c1-4-5-18-56-46(55)51-24-34-23-42-41(58-26-43(59-42)32-11-13-35(14-12-32)57-25-30-8-15-37(47)38(48)19-30)22-33(34)21-40(51)44(52)50-39(45(53)54)20-29-6-9-31(10-7-29)36-16-17-49-28(3)27(36)2/h6-17,19,22-23,39-40,43H,4-5,18,20-21,24-26H2,1-3H3,(H,50,52)(H,53,54)/t39-,40-,43+/m0/s1. The van der Waals surface area contributed by atoms with Crippen LogP contribution in [0.2, 0.25) is 10.0 Å². The normalized spacial score (nSPS) is 16.1. The molecule has 0 bridgehead atoms. The van der Waals surface area contributed by atoms with Crippen LogP contribution in [0.25, 0.3) is 11.1 Å². The molecule has 11 nitrogen and oxygen atoms in total. The summed E-state index contributed by atoms with van der Waals surface area (Å²) in [5.41, 5.74) is 8.10. The predicted octanol–water partition coefficient (Wildman–Crippen LogP) is 9.24. The molecule has 306 valence electrons. The van der Waals surface area contributed by atoms with Gasteiger partial charge in [-0.15, -0.1) is 0 Å². The second kappa shape index (κ2) is 18.4. The van der Waals surface area contributed by atoms with Crippen LogP contribution in [0, 0.1) is 13.8 Å². The molecule has 3 heterocycles. The third kappa shape index (κ3) is 9.75. The van der Waals surface area contributed by atoms with Crippen molar-refractivity contribution in [3.05, 3.63) is 140 Å². The van der Waals surface area contributed by atoms with Crippen molar-refractivity contribution in [2.45, 2.75) is 77.8 Å². The van der Waals surface area contributed by atoms with Gasteiger partial charge in [-0.2, -0.15) is 0 Å². The Balaban J connectivity index is 1.04. The fourth-order valence-electron chi connectivity index (χ4n) is 7.18. The summed E-state index contributed by atoms with van der Waals surface area (Å²) in [6.07, 6.45) is 2.37. The van der Waals surface area contributed by atoms with E-state index in [1.807, 2.05) is 93.6 Å². The van der Waals surface area contributed by atoms with E-state index in [0.29, 0.717) is 40.3 Å². The highest BCUT2D eigenvalue weighted by Crippen LogP contribution is 2.41. The van der Waals surface area contributed by atoms with E-state index in [1.165, 1.54) is 4.90 Å². The molecule has 59 heavy (non-hydrogen) atoms. The van der Waals surface area contributed by atoms with Crippen LogP contribution in [0.4, 0.5) is 4.79 Å². The highest BCUT2D eigenvalue weighted by Gasteiger charge is 2.38. The van der Waals surface area contributed by atoms with Crippen molar-refractivity contribution in [3.8, 4) is 28.4 Å². The maximum atomic E-state index is 14.0. The van der Waals surface area contributed by atoms with E-state index in [0.717, 1.165) is 56.6 Å². The van der Waals surface area contributed by atoms with Gasteiger partial charge in [0.1, 0.15) is 31.0 Å². The molecular weight excluding hydrogens is 793 g/mol. The Kier molecular flexibility index (Phi) is 12.9. The van der Waals surface area contributed by atoms with Crippen LogP contribution in [-0.4, -0.2) is 58.3 Å². The van der Waals surface area contributed by atoms with Crippen molar-refractivity contribution in [3.63, 3.8) is 0 Å². The van der Waals surface area contributed by atoms with E-state index in [1.54, 1.807) is 18.3 Å². The van der Waals surface area contributed by atoms with Gasteiger partial charge < -0.3 is 29.4 Å². The largest absolute Gasteiger partial charge is 0.489 e. The molecule has 1 aromatic heterocycles. The molecule has 0 fully saturated rings. The molecule has 2 amide bonds. The number of nitrogens with zero attached hydrogens (tertiary/aromatic N) is 2. The zero-order valence-corrected chi connectivity index (χ0v) is 34.5. The topological polar surface area (TPSA) is 137 Å². The Hall–Kier alpha value is -5.78. The van der Waals surface area contributed by atoms with Crippen molar-refractivity contribution in [2.24, 2.45) is 0 Å². The highest BCUT2D eigenvalue weighted by molar-refractivity contribution is 6.42. The molecule has 2 N–H and O–H groups in total. The minimum Gasteiger partial charge on any atom is -0.489 e. The average molecular weight is 839 g/mol. The van der Waals surface area contributed by atoms with Gasteiger partial charge in [0, 0.05) is 24.7 Å². The molecule has 2 aliphatic heterocycles. The number of hydrogen-bond acceptors (Lipinski definition) is 8. The lowest BCUT2D eigenvalue weighted by Crippen LogP contribution is -2.56. The number of carboxylic acids is 1. The second-order valence-electron chi connectivity index (χ2n) is 14.8. The zero-order valence-electron chi connectivity index (χ0n) is 33.0. The number of amides is 2. The van der Waals surface area contributed by atoms with Crippen molar-refractivity contribution in [1.29, 1.82) is 0 Å². The van der Waals surface area contributed by atoms with Gasteiger partial charge in [0.15, 0.2) is 17.6 Å². The lowest BCUT2D eigenvalue weighted by Gasteiger charge is -2.37. The summed E-state index contributed by atoms with van der Waals surface area (Å²) in [4.78, 5) is 45.8. The van der Waals surface area contributed by atoms with Crippen LogP contribution in [0.3, 0.4) is 0 Å². The van der Waals surface area contributed by atoms with Crippen molar-refractivity contribution >= 4 is 41.2 Å². The predicted molar refractivity (Wildman–Crippen MR) is 224 cm³/mol. The maximum Gasteiger partial charge on any atom is 0.410 e. The molecule has 0 unspecified atom stereocenters.